The number of hydrogen-bond donors (Lipinski definition) is 1. The molecule has 1 amide bonds. The summed E-state index contributed by atoms with van der Waals surface area (Å²) >= 11 is 5.90. The number of carbonyl (C=O) groups is 1. The molecular formula is C17H24ClFN2O2. The molecule has 1 aromatic rings. The highest BCUT2D eigenvalue weighted by molar-refractivity contribution is 6.32. The zero-order valence-electron chi connectivity index (χ0n) is 13.8. The minimum Gasteiger partial charge on any atom is -0.479 e. The summed E-state index contributed by atoms with van der Waals surface area (Å²) in [5.74, 6) is 0.161. The van der Waals surface area contributed by atoms with Crippen LogP contribution in [-0.2, 0) is 4.79 Å². The van der Waals surface area contributed by atoms with Crippen LogP contribution in [-0.4, -0.2) is 42.6 Å². The van der Waals surface area contributed by atoms with Crippen LogP contribution in [0.5, 0.6) is 5.75 Å². The number of halogens is 2. The van der Waals surface area contributed by atoms with Crippen LogP contribution < -0.4 is 10.1 Å². The molecule has 0 bridgehead atoms. The van der Waals surface area contributed by atoms with Crippen LogP contribution in [0.4, 0.5) is 4.39 Å². The van der Waals surface area contributed by atoms with E-state index in [1.54, 1.807) is 6.92 Å². The number of ether oxygens (including phenoxy) is 1. The van der Waals surface area contributed by atoms with E-state index in [1.165, 1.54) is 18.2 Å². The maximum absolute atomic E-state index is 13.0. The number of nitrogens with one attached hydrogen (secondary N) is 1. The first-order valence-corrected chi connectivity index (χ1v) is 8.38. The van der Waals surface area contributed by atoms with Gasteiger partial charge >= 0.3 is 0 Å². The van der Waals surface area contributed by atoms with Crippen molar-refractivity contribution >= 4 is 17.5 Å². The van der Waals surface area contributed by atoms with Crippen molar-refractivity contribution < 1.29 is 13.9 Å². The van der Waals surface area contributed by atoms with Gasteiger partial charge in [-0.1, -0.05) is 11.6 Å². The quantitative estimate of drug-likeness (QED) is 0.863. The zero-order chi connectivity index (χ0) is 17.0. The first-order valence-electron chi connectivity index (χ1n) is 8.00. The fourth-order valence-corrected chi connectivity index (χ4v) is 2.91. The Labute approximate surface area is 141 Å². The highest BCUT2D eigenvalue weighted by Crippen LogP contribution is 2.26. The van der Waals surface area contributed by atoms with Gasteiger partial charge in [0.25, 0.3) is 5.91 Å². The van der Waals surface area contributed by atoms with Gasteiger partial charge in [0.1, 0.15) is 11.6 Å². The Kier molecular flexibility index (Phi) is 6.25. The fourth-order valence-electron chi connectivity index (χ4n) is 2.70. The molecule has 0 radical (unpaired) electrons. The molecule has 1 aliphatic rings. The third-order valence-corrected chi connectivity index (χ3v) is 4.47. The Morgan fingerprint density at radius 2 is 2.22 bits per heavy atom. The van der Waals surface area contributed by atoms with E-state index in [9.17, 15) is 9.18 Å². The van der Waals surface area contributed by atoms with Gasteiger partial charge < -0.3 is 15.0 Å². The van der Waals surface area contributed by atoms with Gasteiger partial charge in [-0.3, -0.25) is 4.79 Å². The second-order valence-electron chi connectivity index (χ2n) is 6.32. The standard InChI is InChI=1S/C17H24ClFN2O2/c1-11(2)21-7-6-13(10-21)9-20-17(22)12(3)23-16-5-4-14(19)8-15(16)18/h4-5,8,11-13H,6-7,9-10H2,1-3H3,(H,20,22). The van der Waals surface area contributed by atoms with Crippen LogP contribution in [0.25, 0.3) is 0 Å². The van der Waals surface area contributed by atoms with E-state index < -0.39 is 11.9 Å². The van der Waals surface area contributed by atoms with Crippen molar-refractivity contribution in [3.05, 3.63) is 29.0 Å². The second kappa shape index (κ2) is 7.97. The van der Waals surface area contributed by atoms with Crippen LogP contribution in [0.1, 0.15) is 27.2 Å². The molecule has 0 saturated carbocycles. The molecule has 2 atom stereocenters. The molecule has 23 heavy (non-hydrogen) atoms. The summed E-state index contributed by atoms with van der Waals surface area (Å²) in [4.78, 5) is 14.5. The summed E-state index contributed by atoms with van der Waals surface area (Å²) in [5.41, 5.74) is 0. The first kappa shape index (κ1) is 18.0. The van der Waals surface area contributed by atoms with Crippen LogP contribution in [0, 0.1) is 11.7 Å². The maximum atomic E-state index is 13.0. The molecule has 1 heterocycles. The van der Waals surface area contributed by atoms with E-state index in [-0.39, 0.29) is 10.9 Å². The van der Waals surface area contributed by atoms with Crippen molar-refractivity contribution in [2.75, 3.05) is 19.6 Å². The van der Waals surface area contributed by atoms with Crippen LogP contribution >= 0.6 is 11.6 Å². The average molecular weight is 343 g/mol. The Bertz CT molecular complexity index is 553. The Hall–Kier alpha value is -1.33. The normalized spacial score (nSPS) is 19.8. The smallest absolute Gasteiger partial charge is 0.260 e. The summed E-state index contributed by atoms with van der Waals surface area (Å²) in [6.07, 6.45) is 0.415. The third kappa shape index (κ3) is 5.08. The molecule has 0 aromatic heterocycles. The van der Waals surface area contributed by atoms with Gasteiger partial charge in [0.15, 0.2) is 6.10 Å². The SMILES string of the molecule is CC(Oc1ccc(F)cc1Cl)C(=O)NCC1CCN(C(C)C)C1. The molecule has 128 valence electrons. The van der Waals surface area contributed by atoms with Gasteiger partial charge in [-0.05, 0) is 57.9 Å². The van der Waals surface area contributed by atoms with Gasteiger partial charge in [0.2, 0.25) is 0 Å². The molecule has 2 unspecified atom stereocenters. The highest BCUT2D eigenvalue weighted by Gasteiger charge is 2.25. The number of nitrogens with zero attached hydrogens (tertiary/aromatic N) is 1. The average Bonchev–Trinajstić information content (AvgIpc) is 2.96. The summed E-state index contributed by atoms with van der Waals surface area (Å²) in [7, 11) is 0. The Morgan fingerprint density at radius 1 is 1.48 bits per heavy atom. The van der Waals surface area contributed by atoms with Gasteiger partial charge in [-0.2, -0.15) is 0 Å². The Morgan fingerprint density at radius 3 is 2.83 bits per heavy atom. The molecule has 4 nitrogen and oxygen atoms in total. The Balaban J connectivity index is 1.79. The van der Waals surface area contributed by atoms with Crippen molar-refractivity contribution in [3.63, 3.8) is 0 Å². The predicted molar refractivity (Wildman–Crippen MR) is 89.3 cm³/mol. The molecular weight excluding hydrogens is 319 g/mol. The fraction of sp³-hybridized carbons (Fsp3) is 0.588. The minimum atomic E-state index is -0.680. The lowest BCUT2D eigenvalue weighted by atomic mass is 10.1. The number of amides is 1. The summed E-state index contributed by atoms with van der Waals surface area (Å²) < 4.78 is 18.5. The van der Waals surface area contributed by atoms with Crippen molar-refractivity contribution in [2.24, 2.45) is 5.92 Å². The van der Waals surface area contributed by atoms with Crippen LogP contribution in [0.2, 0.25) is 5.02 Å². The second-order valence-corrected chi connectivity index (χ2v) is 6.73. The van der Waals surface area contributed by atoms with Gasteiger partial charge in [0.05, 0.1) is 5.02 Å². The van der Waals surface area contributed by atoms with E-state index in [4.69, 9.17) is 16.3 Å². The lowest BCUT2D eigenvalue weighted by Crippen LogP contribution is -2.39. The van der Waals surface area contributed by atoms with E-state index >= 15 is 0 Å². The monoisotopic (exact) mass is 342 g/mol. The molecule has 0 spiro atoms. The number of benzene rings is 1. The van der Waals surface area contributed by atoms with E-state index in [1.807, 2.05) is 0 Å². The molecule has 1 aliphatic heterocycles. The summed E-state index contributed by atoms with van der Waals surface area (Å²) in [5, 5.41) is 3.09. The largest absolute Gasteiger partial charge is 0.479 e. The highest BCUT2D eigenvalue weighted by atomic mass is 35.5. The molecule has 1 saturated heterocycles. The third-order valence-electron chi connectivity index (χ3n) is 4.18. The molecule has 0 aliphatic carbocycles. The van der Waals surface area contributed by atoms with E-state index in [0.717, 1.165) is 19.5 Å². The van der Waals surface area contributed by atoms with Crippen LogP contribution in [0.15, 0.2) is 18.2 Å². The molecule has 1 fully saturated rings. The van der Waals surface area contributed by atoms with E-state index in [0.29, 0.717) is 24.3 Å². The topological polar surface area (TPSA) is 41.6 Å². The molecule has 1 aromatic carbocycles. The van der Waals surface area contributed by atoms with Crippen molar-refractivity contribution in [1.29, 1.82) is 0 Å². The lowest BCUT2D eigenvalue weighted by Gasteiger charge is -2.21. The van der Waals surface area contributed by atoms with E-state index in [2.05, 4.69) is 24.1 Å². The van der Waals surface area contributed by atoms with Crippen molar-refractivity contribution in [1.82, 2.24) is 10.2 Å². The molecule has 2 rings (SSSR count). The zero-order valence-corrected chi connectivity index (χ0v) is 14.6. The number of rotatable bonds is 6. The number of carbonyl (C=O) groups excluding carboxylic acids is 1. The molecule has 6 heteroatoms. The number of likely N-dealkylation sites (tertiary alicyclic amines) is 1. The molecule has 1 N–H and O–H groups in total. The maximum Gasteiger partial charge on any atom is 0.260 e. The number of hydrogen-bond acceptors (Lipinski definition) is 3. The van der Waals surface area contributed by atoms with Gasteiger partial charge in [-0.15, -0.1) is 0 Å². The van der Waals surface area contributed by atoms with Gasteiger partial charge in [0, 0.05) is 19.1 Å². The van der Waals surface area contributed by atoms with Crippen molar-refractivity contribution in [3.8, 4) is 5.75 Å². The summed E-state index contributed by atoms with van der Waals surface area (Å²) in [6.45, 7) is 8.76. The van der Waals surface area contributed by atoms with Crippen molar-refractivity contribution in [2.45, 2.75) is 39.3 Å². The lowest BCUT2D eigenvalue weighted by molar-refractivity contribution is -0.127. The summed E-state index contributed by atoms with van der Waals surface area (Å²) in [6, 6.07) is 4.39. The van der Waals surface area contributed by atoms with Gasteiger partial charge in [-0.25, -0.2) is 4.39 Å². The first-order chi connectivity index (χ1) is 10.9. The minimum absolute atomic E-state index is 0.160. The van der Waals surface area contributed by atoms with Crippen LogP contribution in [0.3, 0.4) is 0 Å². The predicted octanol–water partition coefficient (Wildman–Crippen LogP) is 3.09.